The van der Waals surface area contributed by atoms with E-state index in [1.165, 1.54) is 0 Å². The van der Waals surface area contributed by atoms with Gasteiger partial charge < -0.3 is 4.90 Å². The second-order valence-electron chi connectivity index (χ2n) is 2.80. The van der Waals surface area contributed by atoms with Crippen LogP contribution in [0.15, 0.2) is 24.3 Å². The molecule has 1 nitrogen and oxygen atoms in total. The molecule has 13 heavy (non-hydrogen) atoms. The molecule has 0 saturated heterocycles. The van der Waals surface area contributed by atoms with E-state index in [9.17, 15) is 0 Å². The fourth-order valence-corrected chi connectivity index (χ4v) is 1.82. The summed E-state index contributed by atoms with van der Waals surface area (Å²) in [7, 11) is 0. The molecule has 0 saturated carbocycles. The second-order valence-corrected chi connectivity index (χ2v) is 4.07. The molecule has 0 spiro atoms. The van der Waals surface area contributed by atoms with Crippen LogP contribution in [-0.2, 0) is 0 Å². The van der Waals surface area contributed by atoms with Crippen LogP contribution in [0.25, 0.3) is 0 Å². The van der Waals surface area contributed by atoms with Gasteiger partial charge in [-0.3, -0.25) is 0 Å². The van der Waals surface area contributed by atoms with Gasteiger partial charge in [-0.2, -0.15) is 0 Å². The van der Waals surface area contributed by atoms with Crippen molar-refractivity contribution in [3.63, 3.8) is 0 Å². The Hall–Kier alpha value is -0.400. The third-order valence-corrected chi connectivity index (χ3v) is 2.16. The lowest BCUT2D eigenvalue weighted by atomic mass is 10.3. The van der Waals surface area contributed by atoms with Crippen LogP contribution in [0.1, 0.15) is 13.8 Å². The number of para-hydroxylation sites is 1. The van der Waals surface area contributed by atoms with Gasteiger partial charge in [0.1, 0.15) is 11.0 Å². The SMILES string of the molecule is CC(Cl)N(c1[c]cccc1)C(C)Cl. The maximum absolute atomic E-state index is 5.99. The van der Waals surface area contributed by atoms with Gasteiger partial charge in [-0.05, 0) is 19.9 Å². The smallest absolute Gasteiger partial charge is 0.102 e. The molecule has 71 valence electrons. The molecule has 3 heteroatoms. The van der Waals surface area contributed by atoms with Crippen molar-refractivity contribution in [2.45, 2.75) is 24.8 Å². The van der Waals surface area contributed by atoms with E-state index in [0.29, 0.717) is 0 Å². The first kappa shape index (κ1) is 10.7. The Morgan fingerprint density at radius 3 is 2.23 bits per heavy atom. The number of rotatable bonds is 3. The van der Waals surface area contributed by atoms with Crippen LogP contribution in [0.3, 0.4) is 0 Å². The van der Waals surface area contributed by atoms with Crippen molar-refractivity contribution in [1.29, 1.82) is 0 Å². The first-order chi connectivity index (χ1) is 6.13. The fraction of sp³-hybridized carbons (Fsp3) is 0.400. The van der Waals surface area contributed by atoms with Gasteiger partial charge in [0.25, 0.3) is 0 Å². The molecule has 2 unspecified atom stereocenters. The Labute approximate surface area is 89.3 Å². The largest absolute Gasteiger partial charge is 0.339 e. The van der Waals surface area contributed by atoms with E-state index in [1.54, 1.807) is 0 Å². The molecule has 0 fully saturated rings. The van der Waals surface area contributed by atoms with E-state index in [1.807, 2.05) is 43.0 Å². The van der Waals surface area contributed by atoms with Crippen molar-refractivity contribution >= 4 is 28.9 Å². The Morgan fingerprint density at radius 1 is 1.23 bits per heavy atom. The minimum absolute atomic E-state index is 0.133. The van der Waals surface area contributed by atoms with Crippen LogP contribution in [0.5, 0.6) is 0 Å². The summed E-state index contributed by atoms with van der Waals surface area (Å²) < 4.78 is 0. The van der Waals surface area contributed by atoms with E-state index in [4.69, 9.17) is 23.2 Å². The fourth-order valence-electron chi connectivity index (χ4n) is 1.21. The summed E-state index contributed by atoms with van der Waals surface area (Å²) in [6.07, 6.45) is 0. The Bertz CT molecular complexity index is 238. The highest BCUT2D eigenvalue weighted by Crippen LogP contribution is 2.22. The number of hydrogen-bond donors (Lipinski definition) is 0. The monoisotopic (exact) mass is 216 g/mol. The molecule has 0 aliphatic carbocycles. The summed E-state index contributed by atoms with van der Waals surface area (Å²) >= 11 is 12.0. The van der Waals surface area contributed by atoms with Crippen molar-refractivity contribution in [3.05, 3.63) is 30.3 Å². The molecular weight excluding hydrogens is 205 g/mol. The van der Waals surface area contributed by atoms with E-state index >= 15 is 0 Å². The maximum Gasteiger partial charge on any atom is 0.102 e. The van der Waals surface area contributed by atoms with Gasteiger partial charge in [0, 0.05) is 11.8 Å². The normalized spacial score (nSPS) is 15.1. The summed E-state index contributed by atoms with van der Waals surface area (Å²) in [5.41, 5.74) is 0.657. The highest BCUT2D eigenvalue weighted by Gasteiger charge is 2.16. The molecule has 0 amide bonds. The van der Waals surface area contributed by atoms with Crippen LogP contribution in [-0.4, -0.2) is 11.0 Å². The lowest BCUT2D eigenvalue weighted by Gasteiger charge is -2.29. The predicted octanol–water partition coefficient (Wildman–Crippen LogP) is 3.46. The molecule has 1 aromatic carbocycles. The zero-order valence-corrected chi connectivity index (χ0v) is 9.18. The van der Waals surface area contributed by atoms with Crippen LogP contribution < -0.4 is 4.90 Å². The molecule has 1 radical (unpaired) electrons. The number of alkyl halides is 2. The minimum Gasteiger partial charge on any atom is -0.339 e. The summed E-state index contributed by atoms with van der Waals surface area (Å²) in [6.45, 7) is 3.78. The summed E-state index contributed by atoms with van der Waals surface area (Å²) in [4.78, 5) is 1.89. The zero-order chi connectivity index (χ0) is 9.84. The van der Waals surface area contributed by atoms with Gasteiger partial charge in [0.15, 0.2) is 0 Å². The van der Waals surface area contributed by atoms with E-state index in [0.717, 1.165) is 5.69 Å². The lowest BCUT2D eigenvalue weighted by Crippen LogP contribution is -2.34. The number of halogens is 2. The van der Waals surface area contributed by atoms with Crippen molar-refractivity contribution in [2.24, 2.45) is 0 Å². The molecule has 0 aliphatic heterocycles. The average molecular weight is 217 g/mol. The van der Waals surface area contributed by atoms with E-state index < -0.39 is 0 Å². The average Bonchev–Trinajstić information content (AvgIpc) is 2.04. The molecule has 0 aromatic heterocycles. The molecule has 1 rings (SSSR count). The first-order valence-electron chi connectivity index (χ1n) is 4.16. The number of hydrogen-bond acceptors (Lipinski definition) is 1. The van der Waals surface area contributed by atoms with Gasteiger partial charge >= 0.3 is 0 Å². The highest BCUT2D eigenvalue weighted by molar-refractivity contribution is 6.25. The highest BCUT2D eigenvalue weighted by atomic mass is 35.5. The van der Waals surface area contributed by atoms with Gasteiger partial charge in [0.2, 0.25) is 0 Å². The van der Waals surface area contributed by atoms with E-state index in [-0.39, 0.29) is 11.0 Å². The summed E-state index contributed by atoms with van der Waals surface area (Å²) in [6, 6.07) is 10.7. The van der Waals surface area contributed by atoms with Crippen LogP contribution in [0.4, 0.5) is 5.69 Å². The number of nitrogens with zero attached hydrogens (tertiary/aromatic N) is 1. The predicted molar refractivity (Wildman–Crippen MR) is 58.4 cm³/mol. The molecule has 0 N–H and O–H groups in total. The zero-order valence-electron chi connectivity index (χ0n) is 7.67. The van der Waals surface area contributed by atoms with Crippen LogP contribution in [0.2, 0.25) is 0 Å². The van der Waals surface area contributed by atoms with E-state index in [2.05, 4.69) is 6.07 Å². The Morgan fingerprint density at radius 2 is 1.85 bits per heavy atom. The number of anilines is 1. The molecule has 0 bridgehead atoms. The molecule has 2 atom stereocenters. The topological polar surface area (TPSA) is 3.24 Å². The lowest BCUT2D eigenvalue weighted by molar-refractivity contribution is 0.769. The van der Waals surface area contributed by atoms with Gasteiger partial charge in [-0.1, -0.05) is 41.4 Å². The molecular formula is C10H12Cl2N. The summed E-state index contributed by atoms with van der Waals surface area (Å²) in [5.74, 6) is 0. The second kappa shape index (κ2) is 4.73. The van der Waals surface area contributed by atoms with Crippen molar-refractivity contribution in [1.82, 2.24) is 0 Å². The first-order valence-corrected chi connectivity index (χ1v) is 5.03. The summed E-state index contributed by atoms with van der Waals surface area (Å²) in [5, 5.41) is 0. The Balaban J connectivity index is 2.89. The van der Waals surface area contributed by atoms with Crippen molar-refractivity contribution in [2.75, 3.05) is 4.90 Å². The third-order valence-electron chi connectivity index (χ3n) is 1.74. The van der Waals surface area contributed by atoms with Gasteiger partial charge in [-0.25, -0.2) is 0 Å². The van der Waals surface area contributed by atoms with Crippen LogP contribution in [0, 0.1) is 6.07 Å². The molecule has 0 heterocycles. The van der Waals surface area contributed by atoms with Crippen LogP contribution >= 0.6 is 23.2 Å². The van der Waals surface area contributed by atoms with Crippen molar-refractivity contribution < 1.29 is 0 Å². The van der Waals surface area contributed by atoms with Gasteiger partial charge in [0.05, 0.1) is 0 Å². The third kappa shape index (κ3) is 2.78. The minimum atomic E-state index is -0.133. The Kier molecular flexibility index (Phi) is 3.89. The molecule has 0 aliphatic rings. The van der Waals surface area contributed by atoms with Gasteiger partial charge in [-0.15, -0.1) is 0 Å². The standard InChI is InChI=1S/C10H12Cl2N/c1-8(11)13(9(2)12)10-6-4-3-5-7-10/h3-6,8-9H,1-2H3. The quantitative estimate of drug-likeness (QED) is 0.553. The van der Waals surface area contributed by atoms with Crippen molar-refractivity contribution in [3.8, 4) is 0 Å². The number of benzene rings is 1. The molecule has 1 aromatic rings. The maximum atomic E-state index is 5.99.